The second-order valence-electron chi connectivity index (χ2n) is 29.6. The Morgan fingerprint density at radius 3 is 0.948 bits per heavy atom. The van der Waals surface area contributed by atoms with Crippen LogP contribution in [0.1, 0.15) is 425 Å². The maximum atomic E-state index is 13.2. The fourth-order valence-corrected chi connectivity index (χ4v) is 13.8. The quantitative estimate of drug-likeness (QED) is 0.0261. The number of allylic oxidation sites excluding steroid dienone is 12. The third kappa shape index (κ3) is 64.2. The molecular weight excluding hydrogens is 1200 g/mol. The molecule has 0 aromatic carbocycles. The third-order valence-electron chi connectivity index (χ3n) is 20.3. The number of hydrogen-bond acceptors (Lipinski definition) is 8. The Morgan fingerprint density at radius 2 is 0.639 bits per heavy atom. The van der Waals surface area contributed by atoms with Crippen LogP contribution in [0.2, 0.25) is 0 Å². The van der Waals surface area contributed by atoms with Crippen molar-refractivity contribution in [2.24, 2.45) is 0 Å². The lowest BCUT2D eigenvalue weighted by Crippen LogP contribution is -2.60. The van der Waals surface area contributed by atoms with E-state index in [9.17, 15) is 30.3 Å². The van der Waals surface area contributed by atoms with E-state index in [-0.39, 0.29) is 12.5 Å². The highest BCUT2D eigenvalue weighted by molar-refractivity contribution is 5.76. The molecule has 6 N–H and O–H groups in total. The monoisotopic (exact) mass is 1360 g/mol. The minimum absolute atomic E-state index is 0.135. The van der Waals surface area contributed by atoms with Crippen LogP contribution in [0.25, 0.3) is 0 Å². The summed E-state index contributed by atoms with van der Waals surface area (Å²) in [6, 6.07) is -0.722. The first-order valence-corrected chi connectivity index (χ1v) is 42.6. The van der Waals surface area contributed by atoms with Gasteiger partial charge in [0.1, 0.15) is 24.4 Å². The molecule has 0 aliphatic carbocycles. The molecule has 97 heavy (non-hydrogen) atoms. The highest BCUT2D eigenvalue weighted by Gasteiger charge is 2.44. The number of carbonyl (C=O) groups is 1. The number of unbranched alkanes of at least 4 members (excludes halogenated alkanes) is 54. The Bertz CT molecular complexity index is 1780. The number of carbonyl (C=O) groups excluding carboxylic acids is 1. The molecule has 9 nitrogen and oxygen atoms in total. The lowest BCUT2D eigenvalue weighted by atomic mass is 9.99. The Hall–Kier alpha value is -2.37. The maximum Gasteiger partial charge on any atom is 0.220 e. The van der Waals surface area contributed by atoms with Crippen LogP contribution >= 0.6 is 0 Å². The van der Waals surface area contributed by atoms with Crippen molar-refractivity contribution in [3.63, 3.8) is 0 Å². The van der Waals surface area contributed by atoms with Gasteiger partial charge in [-0.05, 0) is 64.2 Å². The van der Waals surface area contributed by atoms with Gasteiger partial charge in [0.05, 0.1) is 25.4 Å². The molecule has 0 aromatic heterocycles. The second kappa shape index (κ2) is 76.3. The highest BCUT2D eigenvalue weighted by atomic mass is 16.7. The topological polar surface area (TPSA) is 149 Å². The molecule has 0 saturated carbocycles. The second-order valence-corrected chi connectivity index (χ2v) is 29.6. The molecule has 568 valence electrons. The number of amides is 1. The molecule has 1 heterocycles. The first-order chi connectivity index (χ1) is 47.8. The summed E-state index contributed by atoms with van der Waals surface area (Å²) in [4.78, 5) is 13.2. The molecule has 1 saturated heterocycles. The molecule has 1 fully saturated rings. The summed E-state index contributed by atoms with van der Waals surface area (Å²) in [6.07, 6.45) is 102. The maximum absolute atomic E-state index is 13.2. The van der Waals surface area contributed by atoms with E-state index >= 15 is 0 Å². The standard InChI is InChI=1S/C88H163NO8/c1-3-5-7-9-11-13-15-17-19-21-23-25-27-29-31-33-35-37-38-39-40-41-42-43-44-46-48-50-52-54-56-58-60-62-64-66-68-70-72-74-76-78-84(92)89-81(80-96-88-87(95)86(94)85(93)83(79-90)97-88)82(91)77-75-73-71-69-67-65-63-61-59-57-55-53-51-49-47-45-36-34-32-30-28-26-24-22-20-18-16-14-12-10-8-6-4-2/h5,7,11,13,17,19,23,25,29,31,35,37,81-83,85-88,90-91,93-95H,3-4,6,8-10,12,14-16,18,20-22,24,26-28,30,32-34,36,38-80H2,1-2H3,(H,89,92)/b7-5-,13-11-,19-17-,25-23-,31-29-,37-35-. The molecule has 9 heteroatoms. The fraction of sp³-hybridized carbons (Fsp3) is 0.852. The van der Waals surface area contributed by atoms with E-state index in [4.69, 9.17) is 9.47 Å². The Morgan fingerprint density at radius 1 is 0.361 bits per heavy atom. The fourth-order valence-electron chi connectivity index (χ4n) is 13.8. The van der Waals surface area contributed by atoms with Gasteiger partial charge in [0.15, 0.2) is 6.29 Å². The average Bonchev–Trinajstić information content (AvgIpc) is 0.854. The first kappa shape index (κ1) is 92.6. The average molecular weight is 1360 g/mol. The van der Waals surface area contributed by atoms with Crippen molar-refractivity contribution in [1.29, 1.82) is 0 Å². The van der Waals surface area contributed by atoms with Gasteiger partial charge >= 0.3 is 0 Å². The largest absolute Gasteiger partial charge is 0.394 e. The van der Waals surface area contributed by atoms with Crippen LogP contribution in [0.3, 0.4) is 0 Å². The van der Waals surface area contributed by atoms with Crippen molar-refractivity contribution in [3.8, 4) is 0 Å². The van der Waals surface area contributed by atoms with Crippen LogP contribution in [0.4, 0.5) is 0 Å². The van der Waals surface area contributed by atoms with Crippen LogP contribution in [0.5, 0.6) is 0 Å². The summed E-state index contributed by atoms with van der Waals surface area (Å²) >= 11 is 0. The SMILES string of the molecule is CC/C=C\C/C=C\C/C=C\C/C=C\C/C=C\C/C=C\CCCCCCCCCCCCCCCCCCCCCCCCC(=O)NC(COC1OC(CO)C(O)C(O)C1O)C(O)CCCCCCCCCCCCCCCCCCCCCCCCCCCCCCCCCCC. The van der Waals surface area contributed by atoms with E-state index in [0.717, 1.165) is 77.0 Å². The lowest BCUT2D eigenvalue weighted by molar-refractivity contribution is -0.302. The summed E-state index contributed by atoms with van der Waals surface area (Å²) < 4.78 is 11.4. The molecule has 1 rings (SSSR count). The zero-order chi connectivity index (χ0) is 69.9. The highest BCUT2D eigenvalue weighted by Crippen LogP contribution is 2.24. The Balaban J connectivity index is 2.02. The predicted octanol–water partition coefficient (Wildman–Crippen LogP) is 25.0. The molecular formula is C88H163NO8. The summed E-state index contributed by atoms with van der Waals surface area (Å²) in [5.74, 6) is -0.136. The summed E-state index contributed by atoms with van der Waals surface area (Å²) in [7, 11) is 0. The van der Waals surface area contributed by atoms with Crippen molar-refractivity contribution >= 4 is 5.91 Å². The van der Waals surface area contributed by atoms with Crippen LogP contribution in [0.15, 0.2) is 72.9 Å². The van der Waals surface area contributed by atoms with Crippen molar-refractivity contribution in [3.05, 3.63) is 72.9 Å². The minimum atomic E-state index is -1.56. The zero-order valence-corrected chi connectivity index (χ0v) is 64.1. The Kier molecular flexibility index (Phi) is 72.8. The van der Waals surface area contributed by atoms with Gasteiger partial charge in [-0.1, -0.05) is 427 Å². The van der Waals surface area contributed by atoms with Crippen LogP contribution in [0, 0.1) is 0 Å². The van der Waals surface area contributed by atoms with Gasteiger partial charge in [-0.3, -0.25) is 4.79 Å². The predicted molar refractivity (Wildman–Crippen MR) is 419 cm³/mol. The number of rotatable bonds is 76. The van der Waals surface area contributed by atoms with Crippen molar-refractivity contribution in [1.82, 2.24) is 5.32 Å². The summed E-state index contributed by atoms with van der Waals surface area (Å²) in [5.41, 5.74) is 0. The van der Waals surface area contributed by atoms with E-state index < -0.39 is 49.5 Å². The van der Waals surface area contributed by atoms with E-state index in [1.165, 1.54) is 321 Å². The smallest absolute Gasteiger partial charge is 0.220 e. The number of aliphatic hydroxyl groups is 5. The van der Waals surface area contributed by atoms with E-state index in [1.54, 1.807) is 0 Å². The molecule has 1 aliphatic rings. The Labute approximate surface area is 601 Å². The molecule has 0 aromatic rings. The van der Waals surface area contributed by atoms with Crippen LogP contribution in [-0.2, 0) is 14.3 Å². The number of ether oxygens (including phenoxy) is 2. The van der Waals surface area contributed by atoms with Gasteiger partial charge in [-0.25, -0.2) is 0 Å². The number of aliphatic hydroxyl groups excluding tert-OH is 5. The minimum Gasteiger partial charge on any atom is -0.394 e. The van der Waals surface area contributed by atoms with E-state index in [1.807, 2.05) is 0 Å². The molecule has 0 bridgehead atoms. The van der Waals surface area contributed by atoms with Crippen molar-refractivity contribution < 1.29 is 39.8 Å². The molecule has 7 unspecified atom stereocenters. The summed E-state index contributed by atoms with van der Waals surface area (Å²) in [6.45, 7) is 3.78. The zero-order valence-electron chi connectivity index (χ0n) is 64.1. The molecule has 0 radical (unpaired) electrons. The number of nitrogens with one attached hydrogen (secondary N) is 1. The van der Waals surface area contributed by atoms with E-state index in [2.05, 4.69) is 92.1 Å². The van der Waals surface area contributed by atoms with Gasteiger partial charge in [0.2, 0.25) is 5.91 Å². The van der Waals surface area contributed by atoms with Gasteiger partial charge in [-0.15, -0.1) is 0 Å². The summed E-state index contributed by atoms with van der Waals surface area (Å²) in [5, 5.41) is 55.2. The molecule has 7 atom stereocenters. The van der Waals surface area contributed by atoms with Gasteiger partial charge in [0.25, 0.3) is 0 Å². The first-order valence-electron chi connectivity index (χ1n) is 42.6. The molecule has 1 aliphatic heterocycles. The van der Waals surface area contributed by atoms with Gasteiger partial charge in [0, 0.05) is 6.42 Å². The molecule has 1 amide bonds. The van der Waals surface area contributed by atoms with Crippen molar-refractivity contribution in [2.75, 3.05) is 13.2 Å². The molecule has 0 spiro atoms. The lowest BCUT2D eigenvalue weighted by Gasteiger charge is -2.40. The van der Waals surface area contributed by atoms with Gasteiger partial charge in [-0.2, -0.15) is 0 Å². The van der Waals surface area contributed by atoms with Crippen LogP contribution in [-0.4, -0.2) is 87.5 Å². The van der Waals surface area contributed by atoms with Gasteiger partial charge < -0.3 is 40.3 Å². The normalized spacial score (nSPS) is 17.7. The van der Waals surface area contributed by atoms with Crippen LogP contribution < -0.4 is 5.32 Å². The third-order valence-corrected chi connectivity index (χ3v) is 20.3. The van der Waals surface area contributed by atoms with E-state index in [0.29, 0.717) is 12.8 Å². The van der Waals surface area contributed by atoms with Crippen molar-refractivity contribution in [2.45, 2.75) is 468 Å². The number of hydrogen-bond donors (Lipinski definition) is 6.